The molecular weight excluding hydrogens is 264 g/mol. The molecule has 2 unspecified atom stereocenters. The number of hydrogen-bond acceptors (Lipinski definition) is 3. The van der Waals surface area contributed by atoms with Crippen molar-refractivity contribution in [3.8, 4) is 0 Å². The summed E-state index contributed by atoms with van der Waals surface area (Å²) in [6, 6.07) is 0.397. The summed E-state index contributed by atoms with van der Waals surface area (Å²) >= 11 is 0. The lowest BCUT2D eigenvalue weighted by Crippen LogP contribution is -2.37. The number of carbonyl (C=O) groups excluding carboxylic acids is 1. The summed E-state index contributed by atoms with van der Waals surface area (Å²) < 4.78 is 5.14. The number of nitrogens with one attached hydrogen (secondary N) is 1. The Morgan fingerprint density at radius 3 is 2.86 bits per heavy atom. The van der Waals surface area contributed by atoms with Crippen LogP contribution >= 0.6 is 0 Å². The van der Waals surface area contributed by atoms with E-state index in [1.165, 1.54) is 32.1 Å². The molecule has 4 nitrogen and oxygen atoms in total. The van der Waals surface area contributed by atoms with E-state index >= 15 is 0 Å². The van der Waals surface area contributed by atoms with Gasteiger partial charge in [0.2, 0.25) is 5.91 Å². The summed E-state index contributed by atoms with van der Waals surface area (Å²) in [5.41, 5.74) is 1.99. The highest BCUT2D eigenvalue weighted by atomic mass is 16.5. The van der Waals surface area contributed by atoms with Crippen LogP contribution in [0.5, 0.6) is 0 Å². The van der Waals surface area contributed by atoms with Crippen molar-refractivity contribution in [3.05, 3.63) is 17.0 Å². The number of aryl methyl sites for hydroxylation is 2. The van der Waals surface area contributed by atoms with Gasteiger partial charge >= 0.3 is 0 Å². The smallest absolute Gasteiger partial charge is 0.220 e. The molecule has 2 atom stereocenters. The van der Waals surface area contributed by atoms with Gasteiger partial charge in [-0.3, -0.25) is 4.79 Å². The zero-order valence-corrected chi connectivity index (χ0v) is 13.6. The summed E-state index contributed by atoms with van der Waals surface area (Å²) in [4.78, 5) is 12.2. The van der Waals surface area contributed by atoms with E-state index in [1.807, 2.05) is 13.8 Å². The Bertz CT molecular complexity index is 448. The monoisotopic (exact) mass is 292 g/mol. The Hall–Kier alpha value is -1.32. The Balaban J connectivity index is 1.79. The van der Waals surface area contributed by atoms with Crippen molar-refractivity contribution < 1.29 is 9.32 Å². The first-order valence-corrected chi connectivity index (χ1v) is 8.33. The van der Waals surface area contributed by atoms with Crippen molar-refractivity contribution in [1.29, 1.82) is 0 Å². The number of amides is 1. The molecule has 1 aromatic rings. The lowest BCUT2D eigenvalue weighted by molar-refractivity contribution is -0.122. The van der Waals surface area contributed by atoms with E-state index in [2.05, 4.69) is 17.4 Å². The van der Waals surface area contributed by atoms with Crippen LogP contribution < -0.4 is 5.32 Å². The molecule has 0 spiro atoms. The van der Waals surface area contributed by atoms with Gasteiger partial charge in [-0.25, -0.2) is 0 Å². The van der Waals surface area contributed by atoms with Crippen molar-refractivity contribution in [2.24, 2.45) is 5.92 Å². The lowest BCUT2D eigenvalue weighted by atomic mass is 9.96. The third-order valence-corrected chi connectivity index (χ3v) is 4.72. The summed E-state index contributed by atoms with van der Waals surface area (Å²) in [5.74, 6) is 1.69. The van der Waals surface area contributed by atoms with Gasteiger partial charge in [-0.15, -0.1) is 0 Å². The Labute approximate surface area is 127 Å². The number of unbranched alkanes of at least 4 members (excludes halogenated alkanes) is 1. The van der Waals surface area contributed by atoms with E-state index in [9.17, 15) is 4.79 Å². The van der Waals surface area contributed by atoms with Crippen LogP contribution in [0.3, 0.4) is 0 Å². The predicted octanol–water partition coefficient (Wildman–Crippen LogP) is 3.70. The predicted molar refractivity (Wildman–Crippen MR) is 83.1 cm³/mol. The van der Waals surface area contributed by atoms with Gasteiger partial charge in [0.25, 0.3) is 0 Å². The zero-order valence-electron chi connectivity index (χ0n) is 13.6. The summed E-state index contributed by atoms with van der Waals surface area (Å²) in [5, 5.41) is 7.19. The third kappa shape index (κ3) is 4.32. The highest BCUT2D eigenvalue weighted by Crippen LogP contribution is 2.30. The van der Waals surface area contributed by atoms with Gasteiger partial charge in [0.05, 0.1) is 5.69 Å². The van der Waals surface area contributed by atoms with Crippen molar-refractivity contribution in [2.45, 2.75) is 78.2 Å². The van der Waals surface area contributed by atoms with E-state index in [1.54, 1.807) is 0 Å². The Morgan fingerprint density at radius 2 is 2.19 bits per heavy atom. The summed E-state index contributed by atoms with van der Waals surface area (Å²) in [7, 11) is 0. The SMILES string of the molecule is CCCCC1CCCC1NC(=O)CCc1c(C)noc1C. The number of aromatic nitrogens is 1. The molecule has 0 bridgehead atoms. The number of carbonyl (C=O) groups is 1. The molecule has 1 aliphatic rings. The zero-order chi connectivity index (χ0) is 15.2. The van der Waals surface area contributed by atoms with Gasteiger partial charge in [-0.2, -0.15) is 0 Å². The number of nitrogens with zero attached hydrogens (tertiary/aromatic N) is 1. The minimum atomic E-state index is 0.170. The topological polar surface area (TPSA) is 55.1 Å². The van der Waals surface area contributed by atoms with Crippen molar-refractivity contribution >= 4 is 5.91 Å². The maximum absolute atomic E-state index is 12.2. The molecule has 0 aliphatic heterocycles. The van der Waals surface area contributed by atoms with E-state index < -0.39 is 0 Å². The van der Waals surface area contributed by atoms with Gasteiger partial charge in [-0.05, 0) is 45.4 Å². The van der Waals surface area contributed by atoms with E-state index in [-0.39, 0.29) is 5.91 Å². The highest BCUT2D eigenvalue weighted by Gasteiger charge is 2.27. The second kappa shape index (κ2) is 7.62. The lowest BCUT2D eigenvalue weighted by Gasteiger charge is -2.20. The van der Waals surface area contributed by atoms with Crippen LogP contribution in [0.25, 0.3) is 0 Å². The van der Waals surface area contributed by atoms with E-state index in [0.29, 0.717) is 18.4 Å². The fraction of sp³-hybridized carbons (Fsp3) is 0.765. The van der Waals surface area contributed by atoms with Crippen LogP contribution in [0.15, 0.2) is 4.52 Å². The molecule has 1 aromatic heterocycles. The van der Waals surface area contributed by atoms with Gasteiger partial charge in [0.1, 0.15) is 5.76 Å². The van der Waals surface area contributed by atoms with Gasteiger partial charge in [-0.1, -0.05) is 31.3 Å². The molecule has 1 amide bonds. The molecule has 21 heavy (non-hydrogen) atoms. The summed E-state index contributed by atoms with van der Waals surface area (Å²) in [6.45, 7) is 6.07. The average Bonchev–Trinajstić information content (AvgIpc) is 3.02. The van der Waals surface area contributed by atoms with Gasteiger partial charge < -0.3 is 9.84 Å². The van der Waals surface area contributed by atoms with E-state index in [4.69, 9.17) is 4.52 Å². The van der Waals surface area contributed by atoms with Crippen molar-refractivity contribution in [2.75, 3.05) is 0 Å². The quantitative estimate of drug-likeness (QED) is 0.833. The maximum Gasteiger partial charge on any atom is 0.220 e. The average molecular weight is 292 g/mol. The molecule has 118 valence electrons. The minimum absolute atomic E-state index is 0.170. The summed E-state index contributed by atoms with van der Waals surface area (Å²) in [6.07, 6.45) is 8.69. The van der Waals surface area contributed by atoms with Crippen LogP contribution in [-0.2, 0) is 11.2 Å². The Kier molecular flexibility index (Phi) is 5.83. The van der Waals surface area contributed by atoms with Crippen molar-refractivity contribution in [3.63, 3.8) is 0 Å². The van der Waals surface area contributed by atoms with E-state index in [0.717, 1.165) is 29.9 Å². The first kappa shape index (κ1) is 16.1. The molecular formula is C17H28N2O2. The van der Waals surface area contributed by atoms with Crippen molar-refractivity contribution in [1.82, 2.24) is 10.5 Å². The number of rotatable bonds is 7. The molecule has 1 fully saturated rings. The van der Waals surface area contributed by atoms with Crippen LogP contribution in [0.2, 0.25) is 0 Å². The Morgan fingerprint density at radius 1 is 1.38 bits per heavy atom. The second-order valence-electron chi connectivity index (χ2n) is 6.31. The molecule has 1 N–H and O–H groups in total. The molecule has 0 radical (unpaired) electrons. The molecule has 1 aliphatic carbocycles. The van der Waals surface area contributed by atoms with Gasteiger partial charge in [0.15, 0.2) is 0 Å². The van der Waals surface area contributed by atoms with Crippen LogP contribution in [-0.4, -0.2) is 17.1 Å². The molecule has 4 heteroatoms. The normalized spacial score (nSPS) is 21.7. The molecule has 2 rings (SSSR count). The largest absolute Gasteiger partial charge is 0.361 e. The minimum Gasteiger partial charge on any atom is -0.361 e. The second-order valence-corrected chi connectivity index (χ2v) is 6.31. The molecule has 1 heterocycles. The van der Waals surface area contributed by atoms with Crippen LogP contribution in [0, 0.1) is 19.8 Å². The fourth-order valence-electron chi connectivity index (χ4n) is 3.41. The molecule has 0 aromatic carbocycles. The van der Waals surface area contributed by atoms with Crippen LogP contribution in [0.1, 0.15) is 68.9 Å². The highest BCUT2D eigenvalue weighted by molar-refractivity contribution is 5.76. The third-order valence-electron chi connectivity index (χ3n) is 4.72. The number of hydrogen-bond donors (Lipinski definition) is 1. The fourth-order valence-corrected chi connectivity index (χ4v) is 3.41. The standard InChI is InChI=1S/C17H28N2O2/c1-4-5-7-14-8-6-9-16(14)18-17(20)11-10-15-12(2)19-21-13(15)3/h14,16H,4-11H2,1-3H3,(H,18,20). The molecule has 0 saturated heterocycles. The first-order valence-electron chi connectivity index (χ1n) is 8.33. The molecule has 1 saturated carbocycles. The van der Waals surface area contributed by atoms with Crippen LogP contribution in [0.4, 0.5) is 0 Å². The first-order chi connectivity index (χ1) is 10.1. The maximum atomic E-state index is 12.2. The van der Waals surface area contributed by atoms with Gasteiger partial charge in [0, 0.05) is 18.0 Å².